The first-order chi connectivity index (χ1) is 32.8. The highest BCUT2D eigenvalue weighted by Crippen LogP contribution is 2.62. The summed E-state index contributed by atoms with van der Waals surface area (Å²) in [5.41, 5.74) is 27.6. The van der Waals surface area contributed by atoms with Crippen molar-refractivity contribution in [1.29, 1.82) is 0 Å². The minimum absolute atomic E-state index is 0.0404. The van der Waals surface area contributed by atoms with Crippen LogP contribution in [0.3, 0.4) is 0 Å². The number of allylic oxidation sites excluding steroid dienone is 4. The quantitative estimate of drug-likeness (QED) is 0.163. The van der Waals surface area contributed by atoms with Gasteiger partial charge in [-0.15, -0.1) is 11.3 Å². The Morgan fingerprint density at radius 2 is 1.06 bits per heavy atom. The van der Waals surface area contributed by atoms with E-state index >= 15 is 0 Å². The van der Waals surface area contributed by atoms with E-state index in [0.29, 0.717) is 0 Å². The molecule has 5 aromatic rings. The summed E-state index contributed by atoms with van der Waals surface area (Å²) in [7, 11) is 0. The minimum atomic E-state index is 0.0404. The van der Waals surface area contributed by atoms with E-state index in [-0.39, 0.29) is 50.0 Å². The molecule has 2 bridgehead atoms. The lowest BCUT2D eigenvalue weighted by Gasteiger charge is -2.50. The van der Waals surface area contributed by atoms with Gasteiger partial charge < -0.3 is 9.80 Å². The summed E-state index contributed by atoms with van der Waals surface area (Å²) in [5, 5.41) is 1.49. The Morgan fingerprint density at radius 3 is 1.71 bits per heavy atom. The molecule has 0 fully saturated rings. The summed E-state index contributed by atoms with van der Waals surface area (Å²) in [5.74, 6) is 0. The van der Waals surface area contributed by atoms with Crippen LogP contribution in [0, 0.1) is 6.92 Å². The first-order valence-electron chi connectivity index (χ1n) is 27.6. The number of thiophene rings is 1. The second kappa shape index (κ2) is 14.1. The number of aryl methyl sites for hydroxylation is 1. The van der Waals surface area contributed by atoms with Crippen molar-refractivity contribution in [3.63, 3.8) is 0 Å². The third-order valence-corrected chi connectivity index (χ3v) is 22.4. The molecule has 13 rings (SSSR count). The number of benzene rings is 4. The van der Waals surface area contributed by atoms with Gasteiger partial charge in [0.05, 0.1) is 10.7 Å². The Hall–Kier alpha value is -4.28. The van der Waals surface area contributed by atoms with Gasteiger partial charge in [0.15, 0.2) is 0 Å². The molecule has 4 heterocycles. The van der Waals surface area contributed by atoms with Gasteiger partial charge in [0.25, 0.3) is 6.71 Å². The highest BCUT2D eigenvalue weighted by molar-refractivity contribution is 7.20. The molecule has 2 nitrogen and oxygen atoms in total. The van der Waals surface area contributed by atoms with Crippen LogP contribution < -0.4 is 26.2 Å². The Morgan fingerprint density at radius 1 is 0.500 bits per heavy atom. The predicted molar refractivity (Wildman–Crippen MR) is 304 cm³/mol. The van der Waals surface area contributed by atoms with Crippen LogP contribution in [-0.4, -0.2) is 6.71 Å². The van der Waals surface area contributed by atoms with Crippen molar-refractivity contribution in [2.24, 2.45) is 0 Å². The lowest BCUT2D eigenvalue weighted by atomic mass is 9.32. The van der Waals surface area contributed by atoms with E-state index in [0.717, 1.165) is 12.8 Å². The van der Waals surface area contributed by atoms with Crippen LogP contribution >= 0.6 is 11.3 Å². The van der Waals surface area contributed by atoms with Gasteiger partial charge in [-0.25, -0.2) is 0 Å². The topological polar surface area (TPSA) is 6.48 Å². The lowest BCUT2D eigenvalue weighted by molar-refractivity contribution is 0.211. The van der Waals surface area contributed by atoms with E-state index in [4.69, 9.17) is 0 Å². The Bertz CT molecular complexity index is 3220. The Balaban J connectivity index is 1.20. The summed E-state index contributed by atoms with van der Waals surface area (Å²) < 4.78 is 0. The smallest absolute Gasteiger partial charge is 0.253 e. The van der Waals surface area contributed by atoms with Gasteiger partial charge in [-0.1, -0.05) is 127 Å². The third kappa shape index (κ3) is 6.10. The van der Waals surface area contributed by atoms with Gasteiger partial charge in [0.2, 0.25) is 0 Å². The van der Waals surface area contributed by atoms with E-state index < -0.39 is 0 Å². The molecule has 8 aliphatic rings. The van der Waals surface area contributed by atoms with Crippen LogP contribution in [0.25, 0.3) is 5.57 Å². The van der Waals surface area contributed by atoms with Crippen LogP contribution in [0.1, 0.15) is 223 Å². The molecule has 0 spiro atoms. The maximum atomic E-state index is 2.89. The first-order valence-corrected chi connectivity index (χ1v) is 28.4. The molecular formula is C66H79BN2S. The zero-order valence-corrected chi connectivity index (χ0v) is 46.4. The summed E-state index contributed by atoms with van der Waals surface area (Å²) in [6.45, 7) is 38.2. The predicted octanol–water partition coefficient (Wildman–Crippen LogP) is 16.6. The Labute approximate surface area is 426 Å². The molecule has 362 valence electrons. The lowest BCUT2D eigenvalue weighted by Crippen LogP contribution is -2.62. The molecule has 0 amide bonds. The zero-order valence-electron chi connectivity index (χ0n) is 45.6. The van der Waals surface area contributed by atoms with Crippen molar-refractivity contribution >= 4 is 73.4 Å². The average molecular weight is 943 g/mol. The third-order valence-electron chi connectivity index (χ3n) is 20.8. The first kappa shape index (κ1) is 45.6. The van der Waals surface area contributed by atoms with E-state index in [1.54, 1.807) is 38.2 Å². The van der Waals surface area contributed by atoms with E-state index in [9.17, 15) is 0 Å². The molecule has 0 radical (unpaired) electrons. The minimum Gasteiger partial charge on any atom is -0.311 e. The van der Waals surface area contributed by atoms with Crippen LogP contribution in [0.2, 0.25) is 0 Å². The van der Waals surface area contributed by atoms with Crippen molar-refractivity contribution in [3.8, 4) is 0 Å². The molecule has 1 aromatic heterocycles. The number of hydrogen-bond acceptors (Lipinski definition) is 3. The molecule has 70 heavy (non-hydrogen) atoms. The molecular weight excluding hydrogens is 864 g/mol. The fourth-order valence-electron chi connectivity index (χ4n) is 16.2. The van der Waals surface area contributed by atoms with Crippen molar-refractivity contribution in [2.75, 3.05) is 9.80 Å². The average Bonchev–Trinajstić information content (AvgIpc) is 3.73. The second-order valence-electron chi connectivity index (χ2n) is 28.7. The fourth-order valence-corrected chi connectivity index (χ4v) is 17.8. The summed E-state index contributed by atoms with van der Waals surface area (Å²) >= 11 is 2.19. The van der Waals surface area contributed by atoms with Crippen molar-refractivity contribution in [3.05, 3.63) is 128 Å². The van der Waals surface area contributed by atoms with Crippen LogP contribution in [0.15, 0.2) is 72.8 Å². The number of anilines is 6. The molecule has 2 atom stereocenters. The standard InChI is InChI=1S/C66H79BN2S/c1-39-31-52-55-53(32-39)69(50-36-46-45(61(6,7)25-26-62(46,8)9)34-42(50)40-19-17-16-18-20-40)58-56-54-57(70-58)64(12,13)28-30-66(54,15)38-65(14)29-27-63(10,11)47-37-51(49(67(55)56)35-48(47)65)68(52)41-21-22-43-44(33-41)60(4,5)24-23-59(43,2)3/h16-17,19,21-22,31-37H,18,20,23-30,38H2,1-15H3. The van der Waals surface area contributed by atoms with Crippen molar-refractivity contribution in [2.45, 2.75) is 218 Å². The molecule has 0 N–H and O–H groups in total. The van der Waals surface area contributed by atoms with E-state index in [1.807, 2.05) is 0 Å². The van der Waals surface area contributed by atoms with Crippen LogP contribution in [0.4, 0.5) is 33.4 Å². The number of rotatable bonds is 3. The summed E-state index contributed by atoms with van der Waals surface area (Å²) in [4.78, 5) is 7.33. The molecule has 0 saturated carbocycles. The van der Waals surface area contributed by atoms with Crippen LogP contribution in [-0.2, 0) is 43.3 Å². The molecule has 0 saturated heterocycles. The summed E-state index contributed by atoms with van der Waals surface area (Å²) in [6.07, 6.45) is 20.2. The SMILES string of the molecule is Cc1cc2c3c(c1)N(c1cc4c(cc1C1=CC=CCC1)C(C)(C)CCC4(C)C)c1sc4c5c1B3c1cc3c(cc1N2c1ccc2c(c1)C(C)(C)CCC2(C)C)C(C)(C)CCC3(C)CC5(C)CCC4(C)C. The zero-order chi connectivity index (χ0) is 49.2. The van der Waals surface area contributed by atoms with E-state index in [1.165, 1.54) is 130 Å². The van der Waals surface area contributed by atoms with Crippen LogP contribution in [0.5, 0.6) is 0 Å². The number of fused-ring (bicyclic) bond motifs is 2. The monoisotopic (exact) mass is 943 g/mol. The van der Waals surface area contributed by atoms with Gasteiger partial charge >= 0.3 is 0 Å². The molecule has 3 aliphatic heterocycles. The van der Waals surface area contributed by atoms with Crippen molar-refractivity contribution < 1.29 is 0 Å². The fraction of sp³-hybridized carbons (Fsp3) is 0.515. The maximum absolute atomic E-state index is 2.89. The largest absolute Gasteiger partial charge is 0.311 e. The highest BCUT2D eigenvalue weighted by Gasteiger charge is 2.57. The number of hydrogen-bond donors (Lipinski definition) is 0. The van der Waals surface area contributed by atoms with Gasteiger partial charge in [-0.3, -0.25) is 0 Å². The number of nitrogens with zero attached hydrogens (tertiary/aromatic N) is 2. The molecule has 4 aromatic carbocycles. The Kier molecular flexibility index (Phi) is 9.15. The molecule has 4 heteroatoms. The van der Waals surface area contributed by atoms with E-state index in [2.05, 4.69) is 198 Å². The van der Waals surface area contributed by atoms with Gasteiger partial charge in [0.1, 0.15) is 0 Å². The normalized spacial score (nSPS) is 26.9. The molecule has 2 unspecified atom stereocenters. The van der Waals surface area contributed by atoms with Crippen molar-refractivity contribution in [1.82, 2.24) is 0 Å². The van der Waals surface area contributed by atoms with Gasteiger partial charge in [0, 0.05) is 33.2 Å². The summed E-state index contributed by atoms with van der Waals surface area (Å²) in [6, 6.07) is 23.9. The highest BCUT2D eigenvalue weighted by atomic mass is 32.1. The van der Waals surface area contributed by atoms with Gasteiger partial charge in [-0.2, -0.15) is 0 Å². The second-order valence-corrected chi connectivity index (χ2v) is 29.7. The molecule has 5 aliphatic carbocycles. The maximum Gasteiger partial charge on any atom is 0.253 e. The van der Waals surface area contributed by atoms with Gasteiger partial charge in [-0.05, 0) is 230 Å².